The lowest BCUT2D eigenvalue weighted by Crippen LogP contribution is -2.20. The van der Waals surface area contributed by atoms with E-state index in [4.69, 9.17) is 0 Å². The zero-order valence-corrected chi connectivity index (χ0v) is 17.5. The van der Waals surface area contributed by atoms with Gasteiger partial charge in [0.25, 0.3) is 0 Å². The average molecular weight is 455 g/mol. The Morgan fingerprint density at radius 1 is 0.969 bits per heavy atom. The number of halogens is 3. The Balaban J connectivity index is 1.50. The Labute approximate surface area is 185 Å². The first-order valence-electron chi connectivity index (χ1n) is 9.40. The summed E-state index contributed by atoms with van der Waals surface area (Å²) in [6.07, 6.45) is -2.88. The molecule has 2 N–H and O–H groups in total. The molecule has 0 aliphatic carbocycles. The second-order valence-electron chi connectivity index (χ2n) is 6.75. The lowest BCUT2D eigenvalue weighted by Gasteiger charge is -2.12. The first kappa shape index (κ1) is 21.6. The van der Waals surface area contributed by atoms with Gasteiger partial charge >= 0.3 is 12.2 Å². The van der Waals surface area contributed by atoms with Crippen LogP contribution in [0.25, 0.3) is 11.2 Å². The van der Waals surface area contributed by atoms with Crippen molar-refractivity contribution in [2.75, 3.05) is 10.6 Å². The number of anilines is 2. The number of carbonyl (C=O) groups excluding carboxylic acids is 1. The van der Waals surface area contributed by atoms with Gasteiger partial charge < -0.3 is 10.6 Å². The summed E-state index contributed by atoms with van der Waals surface area (Å²) in [4.78, 5) is 26.6. The monoisotopic (exact) mass is 455 g/mol. The number of amides is 2. The third-order valence-corrected chi connectivity index (χ3v) is 5.28. The van der Waals surface area contributed by atoms with Crippen molar-refractivity contribution in [1.29, 1.82) is 0 Å². The zero-order valence-electron chi connectivity index (χ0n) is 16.6. The minimum absolute atomic E-state index is 0.0195. The van der Waals surface area contributed by atoms with E-state index in [1.807, 2.05) is 30.3 Å². The first-order chi connectivity index (χ1) is 15.3. The van der Waals surface area contributed by atoms with Crippen LogP contribution in [0.1, 0.15) is 11.3 Å². The van der Waals surface area contributed by atoms with E-state index in [0.29, 0.717) is 27.6 Å². The van der Waals surface area contributed by atoms with Gasteiger partial charge in [-0.25, -0.2) is 19.7 Å². The highest BCUT2D eigenvalue weighted by Crippen LogP contribution is 2.31. The number of alkyl halides is 3. The molecule has 162 valence electrons. The van der Waals surface area contributed by atoms with Crippen LogP contribution in [-0.2, 0) is 6.18 Å². The van der Waals surface area contributed by atoms with Crippen molar-refractivity contribution < 1.29 is 18.0 Å². The summed E-state index contributed by atoms with van der Waals surface area (Å²) in [5.41, 5.74) is 0.937. The smallest absolute Gasteiger partial charge is 0.308 e. The van der Waals surface area contributed by atoms with Crippen LogP contribution in [-0.4, -0.2) is 21.0 Å². The van der Waals surface area contributed by atoms with E-state index in [0.717, 1.165) is 17.0 Å². The van der Waals surface area contributed by atoms with Crippen LogP contribution in [0.3, 0.4) is 0 Å². The molecule has 0 bridgehead atoms. The Morgan fingerprint density at radius 3 is 2.50 bits per heavy atom. The van der Waals surface area contributed by atoms with Crippen molar-refractivity contribution in [3.63, 3.8) is 0 Å². The number of urea groups is 1. The van der Waals surface area contributed by atoms with Gasteiger partial charge in [0.15, 0.2) is 5.65 Å². The molecular formula is C22H16F3N5OS. The van der Waals surface area contributed by atoms with E-state index in [9.17, 15) is 18.0 Å². The predicted octanol–water partition coefficient (Wildman–Crippen LogP) is 6.15. The summed E-state index contributed by atoms with van der Waals surface area (Å²) in [5, 5.41) is 5.67. The van der Waals surface area contributed by atoms with E-state index in [2.05, 4.69) is 25.6 Å². The van der Waals surface area contributed by atoms with E-state index < -0.39 is 17.8 Å². The number of pyridine rings is 1. The summed E-state index contributed by atoms with van der Waals surface area (Å²) in [5.74, 6) is 0. The van der Waals surface area contributed by atoms with E-state index >= 15 is 0 Å². The van der Waals surface area contributed by atoms with Gasteiger partial charge in [0.2, 0.25) is 0 Å². The number of rotatable bonds is 4. The van der Waals surface area contributed by atoms with Gasteiger partial charge in [0.05, 0.1) is 23.1 Å². The standard InChI is InChI=1S/C22H16F3N5OS/c1-13-17(29-21(31)28-15-7-5-6-14(10-15)22(23,24)25)11-18-20(27-13)30-19(12-26-18)32-16-8-3-2-4-9-16/h2-12H,1H3,(H2,28,29,31). The van der Waals surface area contributed by atoms with E-state index in [-0.39, 0.29) is 5.69 Å². The van der Waals surface area contributed by atoms with Crippen molar-refractivity contribution in [3.8, 4) is 0 Å². The minimum atomic E-state index is -4.50. The van der Waals surface area contributed by atoms with E-state index in [1.165, 1.54) is 23.9 Å². The highest BCUT2D eigenvalue weighted by Gasteiger charge is 2.30. The highest BCUT2D eigenvalue weighted by atomic mass is 32.2. The maximum absolute atomic E-state index is 12.9. The van der Waals surface area contributed by atoms with Crippen LogP contribution < -0.4 is 10.6 Å². The number of benzene rings is 2. The Bertz CT molecular complexity index is 1280. The second kappa shape index (κ2) is 8.83. The molecule has 0 fully saturated rings. The van der Waals surface area contributed by atoms with Crippen molar-refractivity contribution in [2.45, 2.75) is 23.0 Å². The number of nitrogens with one attached hydrogen (secondary N) is 2. The fourth-order valence-electron chi connectivity index (χ4n) is 2.86. The summed E-state index contributed by atoms with van der Waals surface area (Å²) < 4.78 is 38.6. The number of hydrogen-bond donors (Lipinski definition) is 2. The van der Waals surface area contributed by atoms with Crippen LogP contribution in [0.15, 0.2) is 76.8 Å². The topological polar surface area (TPSA) is 79.8 Å². The van der Waals surface area contributed by atoms with Crippen LogP contribution in [0.5, 0.6) is 0 Å². The van der Waals surface area contributed by atoms with Crippen LogP contribution in [0, 0.1) is 6.92 Å². The summed E-state index contributed by atoms with van der Waals surface area (Å²) >= 11 is 1.45. The number of hydrogen-bond acceptors (Lipinski definition) is 5. The van der Waals surface area contributed by atoms with Gasteiger partial charge in [-0.2, -0.15) is 13.2 Å². The molecule has 0 aliphatic heterocycles. The summed E-state index contributed by atoms with van der Waals surface area (Å²) in [6, 6.07) is 15.0. The number of aromatic nitrogens is 3. The molecule has 32 heavy (non-hydrogen) atoms. The van der Waals surface area contributed by atoms with Crippen molar-refractivity contribution in [2.24, 2.45) is 0 Å². The fraction of sp³-hybridized carbons (Fsp3) is 0.0909. The quantitative estimate of drug-likeness (QED) is 0.386. The molecule has 10 heteroatoms. The van der Waals surface area contributed by atoms with Gasteiger partial charge in [-0.15, -0.1) is 0 Å². The Kier molecular flexibility index (Phi) is 5.95. The maximum atomic E-state index is 12.9. The summed E-state index contributed by atoms with van der Waals surface area (Å²) in [7, 11) is 0. The molecule has 4 aromatic rings. The number of carbonyl (C=O) groups is 1. The lowest BCUT2D eigenvalue weighted by atomic mass is 10.2. The van der Waals surface area contributed by atoms with Crippen molar-refractivity contribution >= 4 is 40.3 Å². The molecule has 0 unspecified atom stereocenters. The third-order valence-electron chi connectivity index (χ3n) is 4.37. The minimum Gasteiger partial charge on any atom is -0.308 e. The predicted molar refractivity (Wildman–Crippen MR) is 117 cm³/mol. The molecule has 2 heterocycles. The Morgan fingerprint density at radius 2 is 1.75 bits per heavy atom. The van der Waals surface area contributed by atoms with Crippen LogP contribution in [0.2, 0.25) is 0 Å². The molecule has 4 rings (SSSR count). The highest BCUT2D eigenvalue weighted by molar-refractivity contribution is 7.99. The van der Waals surface area contributed by atoms with Gasteiger partial charge in [-0.3, -0.25) is 0 Å². The molecule has 0 atom stereocenters. The SMILES string of the molecule is Cc1nc2nc(Sc3ccccc3)cnc2cc1NC(=O)Nc1cccc(C(F)(F)F)c1. The third kappa shape index (κ3) is 5.14. The first-order valence-corrected chi connectivity index (χ1v) is 10.2. The normalized spacial score (nSPS) is 11.4. The molecule has 2 aromatic heterocycles. The molecular weight excluding hydrogens is 439 g/mol. The van der Waals surface area contributed by atoms with Crippen LogP contribution in [0.4, 0.5) is 29.3 Å². The number of aryl methyl sites for hydroxylation is 1. The molecule has 0 radical (unpaired) electrons. The van der Waals surface area contributed by atoms with Crippen molar-refractivity contribution in [1.82, 2.24) is 15.0 Å². The van der Waals surface area contributed by atoms with Gasteiger partial charge in [0.1, 0.15) is 10.5 Å². The fourth-order valence-corrected chi connectivity index (χ4v) is 3.63. The zero-order chi connectivity index (χ0) is 22.7. The van der Waals surface area contributed by atoms with E-state index in [1.54, 1.807) is 19.2 Å². The molecule has 2 aromatic carbocycles. The average Bonchev–Trinajstić information content (AvgIpc) is 2.75. The second-order valence-corrected chi connectivity index (χ2v) is 7.84. The van der Waals surface area contributed by atoms with Gasteiger partial charge in [0, 0.05) is 10.6 Å². The number of fused-ring (bicyclic) bond motifs is 1. The molecule has 6 nitrogen and oxygen atoms in total. The molecule has 0 spiro atoms. The number of nitrogens with zero attached hydrogens (tertiary/aromatic N) is 3. The Hall–Kier alpha value is -3.66. The largest absolute Gasteiger partial charge is 0.416 e. The molecule has 0 saturated carbocycles. The van der Waals surface area contributed by atoms with Crippen LogP contribution >= 0.6 is 11.8 Å². The molecule has 0 saturated heterocycles. The lowest BCUT2D eigenvalue weighted by molar-refractivity contribution is -0.137. The van der Waals surface area contributed by atoms with Crippen molar-refractivity contribution in [3.05, 3.63) is 78.1 Å². The van der Waals surface area contributed by atoms with Gasteiger partial charge in [-0.05, 0) is 43.3 Å². The van der Waals surface area contributed by atoms with Gasteiger partial charge in [-0.1, -0.05) is 36.0 Å². The molecule has 0 aliphatic rings. The summed E-state index contributed by atoms with van der Waals surface area (Å²) in [6.45, 7) is 1.69. The maximum Gasteiger partial charge on any atom is 0.416 e. The molecule has 2 amide bonds.